The van der Waals surface area contributed by atoms with Gasteiger partial charge in [-0.3, -0.25) is 0 Å². The number of thiol groups is 1. The summed E-state index contributed by atoms with van der Waals surface area (Å²) in [6.45, 7) is 3.91. The third-order valence-corrected chi connectivity index (χ3v) is 3.42. The van der Waals surface area contributed by atoms with Crippen molar-refractivity contribution in [3.8, 4) is 0 Å². The van der Waals surface area contributed by atoms with E-state index in [2.05, 4.69) is 30.8 Å². The maximum absolute atomic E-state index is 4.78. The third-order valence-electron chi connectivity index (χ3n) is 2.72. The summed E-state index contributed by atoms with van der Waals surface area (Å²) in [5.74, 6) is 0. The van der Waals surface area contributed by atoms with E-state index in [9.17, 15) is 0 Å². The Morgan fingerprint density at radius 3 is 1.50 bits per heavy atom. The fourth-order valence-electron chi connectivity index (χ4n) is 1.79. The molecule has 2 aromatic rings. The zero-order chi connectivity index (χ0) is 11.4. The zero-order valence-electron chi connectivity index (χ0n) is 9.01. The van der Waals surface area contributed by atoms with E-state index in [0.29, 0.717) is 0 Å². The molecule has 2 rings (SSSR count). The summed E-state index contributed by atoms with van der Waals surface area (Å²) in [6, 6.07) is 20.4. The molecule has 0 atom stereocenters. The summed E-state index contributed by atoms with van der Waals surface area (Å²) in [5.41, 5.74) is 2.28. The fourth-order valence-corrected chi connectivity index (χ4v) is 2.09. The first-order chi connectivity index (χ1) is 7.77. The Balaban J connectivity index is 2.53. The number of hydrogen-bond acceptors (Lipinski definition) is 1. The van der Waals surface area contributed by atoms with Gasteiger partial charge in [-0.15, -0.1) is 6.58 Å². The van der Waals surface area contributed by atoms with Crippen LogP contribution in [0.3, 0.4) is 0 Å². The standard InChI is InChI=1S/C15H14S/c1-2-15(16,13-9-5-3-6-10-13)14-11-7-4-8-12-14/h2-12,16H,1H2. The number of benzene rings is 2. The van der Waals surface area contributed by atoms with E-state index in [1.54, 1.807) is 0 Å². The molecule has 0 unspecified atom stereocenters. The SMILES string of the molecule is C=CC(S)(c1ccccc1)c1ccccc1. The lowest BCUT2D eigenvalue weighted by atomic mass is 9.90. The van der Waals surface area contributed by atoms with Crippen LogP contribution in [0.25, 0.3) is 0 Å². The lowest BCUT2D eigenvalue weighted by molar-refractivity contribution is 0.953. The Morgan fingerprint density at radius 1 is 0.812 bits per heavy atom. The Morgan fingerprint density at radius 2 is 1.19 bits per heavy atom. The molecule has 0 saturated heterocycles. The van der Waals surface area contributed by atoms with Crippen molar-refractivity contribution >= 4 is 12.6 Å². The van der Waals surface area contributed by atoms with Gasteiger partial charge in [-0.05, 0) is 11.1 Å². The van der Waals surface area contributed by atoms with Crippen molar-refractivity contribution in [2.24, 2.45) is 0 Å². The van der Waals surface area contributed by atoms with Crippen molar-refractivity contribution in [3.63, 3.8) is 0 Å². The normalized spacial score (nSPS) is 11.1. The minimum atomic E-state index is -0.414. The molecule has 0 radical (unpaired) electrons. The first-order valence-electron chi connectivity index (χ1n) is 5.24. The van der Waals surface area contributed by atoms with Crippen LogP contribution in [0.1, 0.15) is 11.1 Å². The van der Waals surface area contributed by atoms with Crippen LogP contribution in [0.4, 0.5) is 0 Å². The third kappa shape index (κ3) is 1.91. The quantitative estimate of drug-likeness (QED) is 0.592. The lowest BCUT2D eigenvalue weighted by Gasteiger charge is -2.25. The van der Waals surface area contributed by atoms with E-state index in [4.69, 9.17) is 12.6 Å². The average molecular weight is 226 g/mol. The molecule has 16 heavy (non-hydrogen) atoms. The van der Waals surface area contributed by atoms with Gasteiger partial charge >= 0.3 is 0 Å². The topological polar surface area (TPSA) is 0 Å². The van der Waals surface area contributed by atoms with E-state index in [1.807, 2.05) is 42.5 Å². The second kappa shape index (κ2) is 4.58. The van der Waals surface area contributed by atoms with Crippen molar-refractivity contribution in [1.82, 2.24) is 0 Å². The van der Waals surface area contributed by atoms with Crippen LogP contribution in [0, 0.1) is 0 Å². The molecule has 0 heterocycles. The molecule has 0 spiro atoms. The average Bonchev–Trinajstić information content (AvgIpc) is 2.40. The highest BCUT2D eigenvalue weighted by Gasteiger charge is 2.25. The van der Waals surface area contributed by atoms with E-state index in [-0.39, 0.29) is 0 Å². The highest BCUT2D eigenvalue weighted by atomic mass is 32.1. The van der Waals surface area contributed by atoms with Gasteiger partial charge in [-0.25, -0.2) is 0 Å². The second-order valence-corrected chi connectivity index (χ2v) is 4.41. The molecule has 1 heteroatoms. The molecule has 0 nitrogen and oxygen atoms in total. The highest BCUT2D eigenvalue weighted by molar-refractivity contribution is 7.81. The molecule has 0 aromatic heterocycles. The van der Waals surface area contributed by atoms with Crippen LogP contribution in [0.5, 0.6) is 0 Å². The molecule has 0 fully saturated rings. The fraction of sp³-hybridized carbons (Fsp3) is 0.0667. The van der Waals surface area contributed by atoms with Crippen LogP contribution in [-0.4, -0.2) is 0 Å². The summed E-state index contributed by atoms with van der Waals surface area (Å²) in [4.78, 5) is 0. The number of hydrogen-bond donors (Lipinski definition) is 1. The molecule has 0 amide bonds. The molecule has 0 saturated carbocycles. The molecule has 0 aliphatic carbocycles. The highest BCUT2D eigenvalue weighted by Crippen LogP contribution is 2.36. The molecular formula is C15H14S. The van der Waals surface area contributed by atoms with E-state index >= 15 is 0 Å². The first-order valence-corrected chi connectivity index (χ1v) is 5.69. The van der Waals surface area contributed by atoms with Gasteiger partial charge in [-0.1, -0.05) is 66.7 Å². The molecule has 0 bridgehead atoms. The summed E-state index contributed by atoms with van der Waals surface area (Å²) < 4.78 is -0.414. The van der Waals surface area contributed by atoms with Gasteiger partial charge in [0.2, 0.25) is 0 Å². The van der Waals surface area contributed by atoms with Crippen LogP contribution >= 0.6 is 12.6 Å². The van der Waals surface area contributed by atoms with E-state index < -0.39 is 4.75 Å². The van der Waals surface area contributed by atoms with Gasteiger partial charge in [0.1, 0.15) is 0 Å². The van der Waals surface area contributed by atoms with Crippen molar-refractivity contribution in [2.75, 3.05) is 0 Å². The first kappa shape index (κ1) is 11.0. The van der Waals surface area contributed by atoms with Crippen molar-refractivity contribution < 1.29 is 0 Å². The predicted molar refractivity (Wildman–Crippen MR) is 72.8 cm³/mol. The lowest BCUT2D eigenvalue weighted by Crippen LogP contribution is -2.16. The molecular weight excluding hydrogens is 212 g/mol. The Kier molecular flexibility index (Phi) is 3.16. The second-order valence-electron chi connectivity index (χ2n) is 3.70. The van der Waals surface area contributed by atoms with Gasteiger partial charge in [0.05, 0.1) is 4.75 Å². The largest absolute Gasteiger partial charge is 0.159 e. The van der Waals surface area contributed by atoms with Gasteiger partial charge < -0.3 is 0 Å². The van der Waals surface area contributed by atoms with Gasteiger partial charge in [0.15, 0.2) is 0 Å². The van der Waals surface area contributed by atoms with Crippen molar-refractivity contribution in [1.29, 1.82) is 0 Å². The van der Waals surface area contributed by atoms with E-state index in [0.717, 1.165) is 11.1 Å². The molecule has 0 aliphatic heterocycles. The molecule has 2 aromatic carbocycles. The summed E-state index contributed by atoms with van der Waals surface area (Å²) in [6.07, 6.45) is 1.88. The minimum Gasteiger partial charge on any atom is -0.159 e. The monoisotopic (exact) mass is 226 g/mol. The van der Waals surface area contributed by atoms with Gasteiger partial charge in [0.25, 0.3) is 0 Å². The van der Waals surface area contributed by atoms with Crippen molar-refractivity contribution in [3.05, 3.63) is 84.4 Å². The van der Waals surface area contributed by atoms with Gasteiger partial charge in [-0.2, -0.15) is 12.6 Å². The van der Waals surface area contributed by atoms with Crippen molar-refractivity contribution in [2.45, 2.75) is 4.75 Å². The Hall–Kier alpha value is -1.47. The van der Waals surface area contributed by atoms with E-state index in [1.165, 1.54) is 0 Å². The Labute approximate surface area is 102 Å². The van der Waals surface area contributed by atoms with Gasteiger partial charge in [0, 0.05) is 0 Å². The summed E-state index contributed by atoms with van der Waals surface area (Å²) >= 11 is 4.78. The maximum Gasteiger partial charge on any atom is 0.0805 e. The summed E-state index contributed by atoms with van der Waals surface area (Å²) in [5, 5.41) is 0. The summed E-state index contributed by atoms with van der Waals surface area (Å²) in [7, 11) is 0. The minimum absolute atomic E-state index is 0.414. The van der Waals surface area contributed by atoms with Crippen LogP contribution in [-0.2, 0) is 4.75 Å². The Bertz CT molecular complexity index is 420. The maximum atomic E-state index is 4.78. The predicted octanol–water partition coefficient (Wildman–Crippen LogP) is 4.05. The molecule has 80 valence electrons. The molecule has 0 N–H and O–H groups in total. The van der Waals surface area contributed by atoms with Crippen LogP contribution in [0.15, 0.2) is 73.3 Å². The zero-order valence-corrected chi connectivity index (χ0v) is 9.90. The van der Waals surface area contributed by atoms with Crippen LogP contribution < -0.4 is 0 Å². The molecule has 0 aliphatic rings. The number of rotatable bonds is 3. The van der Waals surface area contributed by atoms with Crippen LogP contribution in [0.2, 0.25) is 0 Å². The smallest absolute Gasteiger partial charge is 0.0805 e.